The Hall–Kier alpha value is -1.55. The van der Waals surface area contributed by atoms with Crippen molar-refractivity contribution in [3.05, 3.63) is 35.9 Å². The molecule has 1 aromatic rings. The number of carbonyl (C=O) groups excluding carboxylic acids is 1. The number of benzene rings is 1. The Kier molecular flexibility index (Phi) is 3.98. The highest BCUT2D eigenvalue weighted by molar-refractivity contribution is 5.67. The van der Waals surface area contributed by atoms with Gasteiger partial charge in [0.1, 0.15) is 6.61 Å². The van der Waals surface area contributed by atoms with E-state index >= 15 is 0 Å². The summed E-state index contributed by atoms with van der Waals surface area (Å²) in [4.78, 5) is 11.5. The van der Waals surface area contributed by atoms with E-state index in [1.54, 1.807) is 0 Å². The SMILES string of the molecule is O=C(N[C@H]1CC[C@@H](O)C1)OCc1ccccc1. The molecule has 2 atom stereocenters. The maximum atomic E-state index is 11.5. The van der Waals surface area contributed by atoms with Crippen molar-refractivity contribution in [2.45, 2.75) is 38.0 Å². The normalized spacial score (nSPS) is 23.4. The molecule has 0 aromatic heterocycles. The molecule has 4 nitrogen and oxygen atoms in total. The molecule has 17 heavy (non-hydrogen) atoms. The molecule has 0 spiro atoms. The number of amides is 1. The molecule has 1 amide bonds. The monoisotopic (exact) mass is 235 g/mol. The number of aliphatic hydroxyl groups is 1. The number of alkyl carbamates (subject to hydrolysis) is 1. The summed E-state index contributed by atoms with van der Waals surface area (Å²) in [6.07, 6.45) is 1.51. The minimum atomic E-state index is -0.409. The zero-order valence-electron chi connectivity index (χ0n) is 9.63. The third kappa shape index (κ3) is 3.75. The van der Waals surface area contributed by atoms with Crippen LogP contribution < -0.4 is 5.32 Å². The minimum Gasteiger partial charge on any atom is -0.445 e. The van der Waals surface area contributed by atoms with Crippen LogP contribution in [-0.2, 0) is 11.3 Å². The van der Waals surface area contributed by atoms with Gasteiger partial charge in [0.05, 0.1) is 6.10 Å². The quantitative estimate of drug-likeness (QED) is 0.840. The molecule has 1 aliphatic carbocycles. The largest absolute Gasteiger partial charge is 0.445 e. The predicted molar refractivity (Wildman–Crippen MR) is 63.4 cm³/mol. The minimum absolute atomic E-state index is 0.0493. The van der Waals surface area contributed by atoms with Gasteiger partial charge < -0.3 is 15.2 Å². The summed E-state index contributed by atoms with van der Waals surface area (Å²) in [6, 6.07) is 9.60. The van der Waals surface area contributed by atoms with Gasteiger partial charge in [0.2, 0.25) is 0 Å². The lowest BCUT2D eigenvalue weighted by molar-refractivity contribution is 0.134. The van der Waals surface area contributed by atoms with Gasteiger partial charge in [-0.05, 0) is 24.8 Å². The molecule has 2 N–H and O–H groups in total. The van der Waals surface area contributed by atoms with Crippen LogP contribution in [0.25, 0.3) is 0 Å². The molecule has 0 aliphatic heterocycles. The topological polar surface area (TPSA) is 58.6 Å². The molecule has 1 saturated carbocycles. The summed E-state index contributed by atoms with van der Waals surface area (Å²) in [6.45, 7) is 0.280. The summed E-state index contributed by atoms with van der Waals surface area (Å²) in [5.74, 6) is 0. The van der Waals surface area contributed by atoms with Crippen molar-refractivity contribution in [3.8, 4) is 0 Å². The van der Waals surface area contributed by atoms with Crippen molar-refractivity contribution in [3.63, 3.8) is 0 Å². The summed E-state index contributed by atoms with van der Waals surface area (Å²) < 4.78 is 5.09. The smallest absolute Gasteiger partial charge is 0.407 e. The first-order valence-corrected chi connectivity index (χ1v) is 5.89. The van der Waals surface area contributed by atoms with Gasteiger partial charge in [0.25, 0.3) is 0 Å². The molecule has 0 saturated heterocycles. The maximum absolute atomic E-state index is 11.5. The van der Waals surface area contributed by atoms with Crippen LogP contribution in [-0.4, -0.2) is 23.3 Å². The highest BCUT2D eigenvalue weighted by Crippen LogP contribution is 2.18. The van der Waals surface area contributed by atoms with Gasteiger partial charge in [-0.15, -0.1) is 0 Å². The second kappa shape index (κ2) is 5.68. The van der Waals surface area contributed by atoms with Crippen LogP contribution in [0, 0.1) is 0 Å². The average Bonchev–Trinajstić information content (AvgIpc) is 2.73. The van der Waals surface area contributed by atoms with Crippen LogP contribution in [0.5, 0.6) is 0 Å². The molecule has 0 unspecified atom stereocenters. The van der Waals surface area contributed by atoms with E-state index in [9.17, 15) is 9.90 Å². The number of carbonyl (C=O) groups is 1. The van der Waals surface area contributed by atoms with E-state index in [4.69, 9.17) is 4.74 Å². The fourth-order valence-corrected chi connectivity index (χ4v) is 2.02. The van der Waals surface area contributed by atoms with Gasteiger partial charge in [0, 0.05) is 6.04 Å². The molecule has 0 heterocycles. The lowest BCUT2D eigenvalue weighted by atomic mass is 10.2. The van der Waals surface area contributed by atoms with Crippen LogP contribution in [0.1, 0.15) is 24.8 Å². The van der Waals surface area contributed by atoms with Gasteiger partial charge >= 0.3 is 6.09 Å². The molecular formula is C13H17NO3. The van der Waals surface area contributed by atoms with Crippen LogP contribution in [0.2, 0.25) is 0 Å². The Morgan fingerprint density at radius 2 is 2.12 bits per heavy atom. The fourth-order valence-electron chi connectivity index (χ4n) is 2.02. The van der Waals surface area contributed by atoms with E-state index in [1.165, 1.54) is 0 Å². The van der Waals surface area contributed by atoms with Gasteiger partial charge in [-0.2, -0.15) is 0 Å². The zero-order valence-corrected chi connectivity index (χ0v) is 9.63. The van der Waals surface area contributed by atoms with Crippen molar-refractivity contribution >= 4 is 6.09 Å². The molecule has 4 heteroatoms. The molecule has 1 fully saturated rings. The Labute approximate surface area is 101 Å². The van der Waals surface area contributed by atoms with E-state index < -0.39 is 6.09 Å². The number of hydrogen-bond acceptors (Lipinski definition) is 3. The van der Waals surface area contributed by atoms with Crippen molar-refractivity contribution in [2.75, 3.05) is 0 Å². The standard InChI is InChI=1S/C13H17NO3/c15-12-7-6-11(8-12)14-13(16)17-9-10-4-2-1-3-5-10/h1-5,11-12,15H,6-9H2,(H,14,16)/t11-,12+/m0/s1. The van der Waals surface area contributed by atoms with Crippen LogP contribution >= 0.6 is 0 Å². The summed E-state index contributed by atoms with van der Waals surface area (Å²) in [5, 5.41) is 12.1. The lowest BCUT2D eigenvalue weighted by Gasteiger charge is -2.12. The third-order valence-electron chi connectivity index (χ3n) is 2.94. The van der Waals surface area contributed by atoms with Crippen molar-refractivity contribution in [2.24, 2.45) is 0 Å². The summed E-state index contributed by atoms with van der Waals surface area (Å²) >= 11 is 0. The molecule has 1 aliphatic rings. The van der Waals surface area contributed by atoms with Gasteiger partial charge in [-0.1, -0.05) is 30.3 Å². The van der Waals surface area contributed by atoms with Gasteiger partial charge in [-0.3, -0.25) is 0 Å². The molecule has 0 radical (unpaired) electrons. The first kappa shape index (κ1) is 11.9. The lowest BCUT2D eigenvalue weighted by Crippen LogP contribution is -2.33. The van der Waals surface area contributed by atoms with E-state index in [0.29, 0.717) is 6.42 Å². The van der Waals surface area contributed by atoms with Crippen molar-refractivity contribution in [1.29, 1.82) is 0 Å². The van der Waals surface area contributed by atoms with Crippen LogP contribution in [0.15, 0.2) is 30.3 Å². The van der Waals surface area contributed by atoms with Crippen LogP contribution in [0.3, 0.4) is 0 Å². The summed E-state index contributed by atoms with van der Waals surface area (Å²) in [7, 11) is 0. The Morgan fingerprint density at radius 1 is 1.35 bits per heavy atom. The van der Waals surface area contributed by atoms with Gasteiger partial charge in [0.15, 0.2) is 0 Å². The first-order chi connectivity index (χ1) is 8.24. The molecule has 1 aromatic carbocycles. The number of hydrogen-bond donors (Lipinski definition) is 2. The second-order valence-corrected chi connectivity index (χ2v) is 4.37. The Bertz CT molecular complexity index is 366. The Balaban J connectivity index is 1.71. The highest BCUT2D eigenvalue weighted by atomic mass is 16.5. The van der Waals surface area contributed by atoms with E-state index in [2.05, 4.69) is 5.32 Å². The number of aliphatic hydroxyl groups excluding tert-OH is 1. The van der Waals surface area contributed by atoms with E-state index in [0.717, 1.165) is 18.4 Å². The van der Waals surface area contributed by atoms with Crippen LogP contribution in [0.4, 0.5) is 4.79 Å². The first-order valence-electron chi connectivity index (χ1n) is 5.89. The number of rotatable bonds is 3. The van der Waals surface area contributed by atoms with Crippen molar-refractivity contribution in [1.82, 2.24) is 5.32 Å². The van der Waals surface area contributed by atoms with E-state index in [1.807, 2.05) is 30.3 Å². The van der Waals surface area contributed by atoms with Crippen molar-refractivity contribution < 1.29 is 14.6 Å². The average molecular weight is 235 g/mol. The maximum Gasteiger partial charge on any atom is 0.407 e. The second-order valence-electron chi connectivity index (χ2n) is 4.37. The number of nitrogens with one attached hydrogen (secondary N) is 1. The zero-order chi connectivity index (χ0) is 12.1. The molecule has 92 valence electrons. The fraction of sp³-hybridized carbons (Fsp3) is 0.462. The van der Waals surface area contributed by atoms with Gasteiger partial charge in [-0.25, -0.2) is 4.79 Å². The molecule has 2 rings (SSSR count). The number of ether oxygens (including phenoxy) is 1. The predicted octanol–water partition coefficient (Wildman–Crippen LogP) is 1.83. The molecule has 0 bridgehead atoms. The van der Waals surface area contributed by atoms with E-state index in [-0.39, 0.29) is 18.8 Å². The Morgan fingerprint density at radius 3 is 2.76 bits per heavy atom. The summed E-state index contributed by atoms with van der Waals surface area (Å²) in [5.41, 5.74) is 0.967. The third-order valence-corrected chi connectivity index (χ3v) is 2.94. The highest BCUT2D eigenvalue weighted by Gasteiger charge is 2.24. The molecular weight excluding hydrogens is 218 g/mol.